The lowest BCUT2D eigenvalue weighted by atomic mass is 10.1. The van der Waals surface area contributed by atoms with Gasteiger partial charge in [-0.2, -0.15) is 0 Å². The maximum Gasteiger partial charge on any atom is 0.210 e. The Morgan fingerprint density at radius 3 is 2.53 bits per heavy atom. The van der Waals surface area contributed by atoms with Gasteiger partial charge in [0.15, 0.2) is 0 Å². The van der Waals surface area contributed by atoms with Crippen LogP contribution in [0.5, 0.6) is 0 Å². The van der Waals surface area contributed by atoms with E-state index < -0.39 is 0 Å². The Kier molecular flexibility index (Phi) is 3.03. The molecule has 0 radical (unpaired) electrons. The Hall–Kier alpha value is -1.61. The number of rotatable bonds is 2. The molecule has 1 heterocycles. The second-order valence-electron chi connectivity index (χ2n) is 3.83. The van der Waals surface area contributed by atoms with Gasteiger partial charge in [-0.15, -0.1) is 0 Å². The molecule has 0 saturated heterocycles. The van der Waals surface area contributed by atoms with Crippen LogP contribution >= 0.6 is 11.6 Å². The molecule has 0 aliphatic carbocycles. The molecule has 0 bridgehead atoms. The van der Waals surface area contributed by atoms with Gasteiger partial charge in [-0.1, -0.05) is 23.7 Å². The van der Waals surface area contributed by atoms with Crippen LogP contribution in [0, 0.1) is 12.7 Å². The zero-order valence-corrected chi connectivity index (χ0v) is 10.3. The Labute approximate surface area is 104 Å². The van der Waals surface area contributed by atoms with Gasteiger partial charge in [-0.05, 0) is 19.1 Å². The van der Waals surface area contributed by atoms with Crippen LogP contribution in [0.1, 0.15) is 21.7 Å². The van der Waals surface area contributed by atoms with Crippen LogP contribution < -0.4 is 0 Å². The lowest BCUT2D eigenvalue weighted by Gasteiger charge is -2.05. The summed E-state index contributed by atoms with van der Waals surface area (Å²) in [6.07, 6.45) is 0. The third kappa shape index (κ3) is 1.98. The maximum atomic E-state index is 13.4. The van der Waals surface area contributed by atoms with Crippen LogP contribution in [0.15, 0.2) is 30.3 Å². The number of nitrogens with zero attached hydrogens (tertiary/aromatic N) is 1. The molecule has 0 aliphatic rings. The Balaban J connectivity index is 2.52. The molecule has 2 aromatic rings. The van der Waals surface area contributed by atoms with Gasteiger partial charge in [0.05, 0.1) is 16.4 Å². The number of carbonyl (C=O) groups is 1. The highest BCUT2D eigenvalue weighted by Crippen LogP contribution is 2.21. The predicted molar refractivity (Wildman–Crippen MR) is 65.0 cm³/mol. The number of ketones is 1. The van der Waals surface area contributed by atoms with E-state index in [1.807, 2.05) is 0 Å². The fraction of sp³-hybridized carbons (Fsp3) is 0.154. The second-order valence-corrected chi connectivity index (χ2v) is 4.24. The minimum absolute atomic E-state index is 0.273. The number of carbonyl (C=O) groups excluding carboxylic acids is 1. The normalized spacial score (nSPS) is 10.6. The van der Waals surface area contributed by atoms with Gasteiger partial charge in [0.25, 0.3) is 0 Å². The molecule has 1 aromatic carbocycles. The zero-order chi connectivity index (χ0) is 12.6. The fourth-order valence-corrected chi connectivity index (χ4v) is 1.88. The van der Waals surface area contributed by atoms with E-state index >= 15 is 0 Å². The van der Waals surface area contributed by atoms with Crippen LogP contribution in [0.4, 0.5) is 4.39 Å². The van der Waals surface area contributed by atoms with Crippen LogP contribution in [-0.4, -0.2) is 10.4 Å². The Morgan fingerprint density at radius 2 is 2.00 bits per heavy atom. The Morgan fingerprint density at radius 1 is 1.35 bits per heavy atom. The van der Waals surface area contributed by atoms with E-state index in [1.54, 1.807) is 38.2 Å². The van der Waals surface area contributed by atoms with Gasteiger partial charge < -0.3 is 4.57 Å². The number of aromatic nitrogens is 1. The molecule has 0 amide bonds. The van der Waals surface area contributed by atoms with Crippen molar-refractivity contribution >= 4 is 17.4 Å². The highest BCUT2D eigenvalue weighted by atomic mass is 35.5. The minimum atomic E-state index is -0.386. The molecule has 0 saturated carbocycles. The summed E-state index contributed by atoms with van der Waals surface area (Å²) in [5.74, 6) is -0.659. The third-order valence-corrected chi connectivity index (χ3v) is 3.15. The largest absolute Gasteiger partial charge is 0.343 e. The van der Waals surface area contributed by atoms with E-state index in [0.717, 1.165) is 0 Å². The molecule has 0 aliphatic heterocycles. The first-order valence-corrected chi connectivity index (χ1v) is 5.51. The highest BCUT2D eigenvalue weighted by Gasteiger charge is 2.18. The van der Waals surface area contributed by atoms with Crippen LogP contribution in [0.2, 0.25) is 5.02 Å². The summed E-state index contributed by atoms with van der Waals surface area (Å²) in [5, 5.41) is 0.372. The van der Waals surface area contributed by atoms with Crippen molar-refractivity contribution in [2.45, 2.75) is 6.92 Å². The molecule has 4 heteroatoms. The zero-order valence-electron chi connectivity index (χ0n) is 9.50. The molecule has 2 rings (SSSR count). The van der Waals surface area contributed by atoms with Crippen molar-refractivity contribution in [1.82, 2.24) is 4.57 Å². The van der Waals surface area contributed by atoms with Crippen molar-refractivity contribution in [2.24, 2.45) is 7.05 Å². The van der Waals surface area contributed by atoms with Crippen LogP contribution in [0.25, 0.3) is 0 Å². The molecule has 0 spiro atoms. The number of benzene rings is 1. The van der Waals surface area contributed by atoms with E-state index in [9.17, 15) is 9.18 Å². The molecule has 88 valence electrons. The first kappa shape index (κ1) is 11.9. The van der Waals surface area contributed by atoms with E-state index in [1.165, 1.54) is 10.6 Å². The maximum absolute atomic E-state index is 13.4. The summed E-state index contributed by atoms with van der Waals surface area (Å²) in [6, 6.07) is 7.98. The Bertz CT molecular complexity index is 589. The average Bonchev–Trinajstić information content (AvgIpc) is 2.57. The van der Waals surface area contributed by atoms with E-state index in [4.69, 9.17) is 11.6 Å². The molecule has 0 fully saturated rings. The average molecular weight is 252 g/mol. The molecule has 0 unspecified atom stereocenters. The van der Waals surface area contributed by atoms with E-state index in [2.05, 4.69) is 0 Å². The standard InChI is InChI=1S/C13H11ClFNO/c1-8-11(15)7-12(16(8)2)13(17)9-5-3-4-6-10(9)14/h3-7H,1-2H3. The summed E-state index contributed by atoms with van der Waals surface area (Å²) in [6.45, 7) is 1.62. The summed E-state index contributed by atoms with van der Waals surface area (Å²) < 4.78 is 14.9. The summed E-state index contributed by atoms with van der Waals surface area (Å²) in [4.78, 5) is 12.2. The van der Waals surface area contributed by atoms with Crippen LogP contribution in [-0.2, 0) is 7.05 Å². The van der Waals surface area contributed by atoms with Gasteiger partial charge in [-0.25, -0.2) is 4.39 Å². The summed E-state index contributed by atoms with van der Waals surface area (Å²) >= 11 is 5.94. The lowest BCUT2D eigenvalue weighted by molar-refractivity contribution is 0.103. The molecule has 0 atom stereocenters. The third-order valence-electron chi connectivity index (χ3n) is 2.82. The molecule has 1 aromatic heterocycles. The smallest absolute Gasteiger partial charge is 0.210 e. The quantitative estimate of drug-likeness (QED) is 0.750. The first-order valence-electron chi connectivity index (χ1n) is 5.13. The summed E-state index contributed by atoms with van der Waals surface area (Å²) in [5.41, 5.74) is 1.11. The fourth-order valence-electron chi connectivity index (χ4n) is 1.66. The lowest BCUT2D eigenvalue weighted by Crippen LogP contribution is -2.08. The number of hydrogen-bond acceptors (Lipinski definition) is 1. The van der Waals surface area contributed by atoms with Crippen molar-refractivity contribution < 1.29 is 9.18 Å². The number of hydrogen-bond donors (Lipinski definition) is 0. The molecular formula is C13H11ClFNO. The van der Waals surface area contributed by atoms with E-state index in [-0.39, 0.29) is 11.6 Å². The monoisotopic (exact) mass is 251 g/mol. The SMILES string of the molecule is Cc1c(F)cc(C(=O)c2ccccc2Cl)n1C. The predicted octanol–water partition coefficient (Wildman–Crippen LogP) is 3.36. The summed E-state index contributed by atoms with van der Waals surface area (Å²) in [7, 11) is 1.66. The van der Waals surface area contributed by atoms with Gasteiger partial charge in [-0.3, -0.25) is 4.79 Å². The van der Waals surface area contributed by atoms with Gasteiger partial charge >= 0.3 is 0 Å². The van der Waals surface area contributed by atoms with Crippen molar-refractivity contribution in [3.8, 4) is 0 Å². The van der Waals surface area contributed by atoms with Crippen molar-refractivity contribution in [3.05, 3.63) is 58.1 Å². The highest BCUT2D eigenvalue weighted by molar-refractivity contribution is 6.34. The van der Waals surface area contributed by atoms with Gasteiger partial charge in [0.1, 0.15) is 5.82 Å². The van der Waals surface area contributed by atoms with Crippen LogP contribution in [0.3, 0.4) is 0 Å². The molecule has 0 N–H and O–H groups in total. The van der Waals surface area contributed by atoms with Crippen molar-refractivity contribution in [3.63, 3.8) is 0 Å². The number of halogens is 2. The van der Waals surface area contributed by atoms with Crippen molar-refractivity contribution in [1.29, 1.82) is 0 Å². The molecular weight excluding hydrogens is 241 g/mol. The first-order chi connectivity index (χ1) is 8.02. The topological polar surface area (TPSA) is 22.0 Å². The van der Waals surface area contributed by atoms with Gasteiger partial charge in [0, 0.05) is 18.7 Å². The molecule has 17 heavy (non-hydrogen) atoms. The van der Waals surface area contributed by atoms with Gasteiger partial charge in [0.2, 0.25) is 5.78 Å². The van der Waals surface area contributed by atoms with E-state index in [0.29, 0.717) is 22.0 Å². The second kappa shape index (κ2) is 4.34. The van der Waals surface area contributed by atoms with Crippen molar-refractivity contribution in [2.75, 3.05) is 0 Å². The minimum Gasteiger partial charge on any atom is -0.343 e. The molecule has 2 nitrogen and oxygen atoms in total.